The van der Waals surface area contributed by atoms with Gasteiger partial charge in [-0.05, 0) is 53.6 Å². The van der Waals surface area contributed by atoms with Crippen molar-refractivity contribution in [1.82, 2.24) is 4.90 Å². The zero-order valence-corrected chi connectivity index (χ0v) is 23.2. The average molecular weight is 524 g/mol. The van der Waals surface area contributed by atoms with Gasteiger partial charge in [0.1, 0.15) is 0 Å². The lowest BCUT2D eigenvalue weighted by molar-refractivity contribution is -0.130. The monoisotopic (exact) mass is 523 g/mol. The molecule has 1 unspecified atom stereocenters. The quantitative estimate of drug-likeness (QED) is 0.272. The van der Waals surface area contributed by atoms with E-state index in [2.05, 4.69) is 20.8 Å². The van der Waals surface area contributed by atoms with Gasteiger partial charge >= 0.3 is 0 Å². The number of aryl methyl sites for hydroxylation is 2. The number of furan rings is 1. The first kappa shape index (κ1) is 26.3. The first-order chi connectivity index (χ1) is 18.5. The lowest BCUT2D eigenvalue weighted by Gasteiger charge is -2.28. The van der Waals surface area contributed by atoms with Crippen LogP contribution in [0.2, 0.25) is 0 Å². The summed E-state index contributed by atoms with van der Waals surface area (Å²) in [5, 5.41) is 11.8. The molecule has 4 aromatic rings. The normalized spacial score (nSPS) is 15.9. The first-order valence-corrected chi connectivity index (χ1v) is 13.0. The Labute approximate surface area is 228 Å². The third-order valence-corrected chi connectivity index (χ3v) is 7.44. The maximum absolute atomic E-state index is 14.0. The van der Waals surface area contributed by atoms with Gasteiger partial charge in [0.25, 0.3) is 5.91 Å². The Balaban J connectivity index is 1.62. The van der Waals surface area contributed by atoms with Gasteiger partial charge in [-0.25, -0.2) is 0 Å². The molecule has 0 saturated carbocycles. The molecule has 2 heterocycles. The van der Waals surface area contributed by atoms with Gasteiger partial charge in [0.05, 0.1) is 18.7 Å². The second kappa shape index (κ2) is 9.77. The molecular formula is C33H33NO5. The maximum Gasteiger partial charge on any atom is 0.290 e. The Morgan fingerprint density at radius 3 is 2.41 bits per heavy atom. The van der Waals surface area contributed by atoms with E-state index in [1.807, 2.05) is 68.4 Å². The minimum absolute atomic E-state index is 0.00633. The number of ether oxygens (including phenoxy) is 1. The first-order valence-electron chi connectivity index (χ1n) is 13.0. The Morgan fingerprint density at radius 1 is 1.03 bits per heavy atom. The molecule has 3 aromatic carbocycles. The van der Waals surface area contributed by atoms with E-state index in [0.717, 1.165) is 27.8 Å². The summed E-state index contributed by atoms with van der Waals surface area (Å²) >= 11 is 0. The molecular weight excluding hydrogens is 490 g/mol. The SMILES string of the molecule is COc1cccc2cc(C(=O)C3=C(O)C(=O)N(Cc4cc(C)ccc4C)C3c3ccc(C(C)(C)C)cc3)oc12. The number of fused-ring (bicyclic) bond motifs is 1. The third-order valence-electron chi connectivity index (χ3n) is 7.44. The number of ketones is 1. The summed E-state index contributed by atoms with van der Waals surface area (Å²) in [4.78, 5) is 29.1. The van der Waals surface area contributed by atoms with Crippen LogP contribution in [-0.4, -0.2) is 28.8 Å². The van der Waals surface area contributed by atoms with Gasteiger partial charge in [-0.3, -0.25) is 9.59 Å². The number of benzene rings is 3. The van der Waals surface area contributed by atoms with Gasteiger partial charge in [-0.1, -0.05) is 80.9 Å². The van der Waals surface area contributed by atoms with Crippen molar-refractivity contribution in [3.8, 4) is 5.75 Å². The summed E-state index contributed by atoms with van der Waals surface area (Å²) in [6.07, 6.45) is 0. The summed E-state index contributed by atoms with van der Waals surface area (Å²) in [5.74, 6) is -1.14. The predicted molar refractivity (Wildman–Crippen MR) is 151 cm³/mol. The molecule has 5 rings (SSSR count). The lowest BCUT2D eigenvalue weighted by atomic mass is 9.85. The third kappa shape index (κ3) is 4.71. The molecule has 0 bridgehead atoms. The van der Waals surface area contributed by atoms with Crippen LogP contribution in [0.4, 0.5) is 0 Å². The van der Waals surface area contributed by atoms with E-state index >= 15 is 0 Å². The molecule has 1 atom stereocenters. The van der Waals surface area contributed by atoms with Crippen molar-refractivity contribution in [2.24, 2.45) is 0 Å². The maximum atomic E-state index is 14.0. The van der Waals surface area contributed by atoms with Crippen molar-refractivity contribution < 1.29 is 23.8 Å². The molecule has 200 valence electrons. The number of para-hydroxylation sites is 1. The highest BCUT2D eigenvalue weighted by Crippen LogP contribution is 2.42. The molecule has 6 heteroatoms. The Kier molecular flexibility index (Phi) is 6.59. The van der Waals surface area contributed by atoms with Crippen LogP contribution in [0.5, 0.6) is 5.75 Å². The second-order valence-electron chi connectivity index (χ2n) is 11.2. The van der Waals surface area contributed by atoms with Crippen molar-refractivity contribution in [3.63, 3.8) is 0 Å². The molecule has 0 radical (unpaired) electrons. The molecule has 1 aromatic heterocycles. The van der Waals surface area contributed by atoms with Crippen LogP contribution < -0.4 is 4.74 Å². The summed E-state index contributed by atoms with van der Waals surface area (Å²) in [7, 11) is 1.53. The van der Waals surface area contributed by atoms with Gasteiger partial charge < -0.3 is 19.2 Å². The van der Waals surface area contributed by atoms with Gasteiger partial charge in [0, 0.05) is 11.9 Å². The average Bonchev–Trinajstić information content (AvgIpc) is 3.45. The smallest absolute Gasteiger partial charge is 0.290 e. The molecule has 1 N–H and O–H groups in total. The van der Waals surface area contributed by atoms with E-state index in [9.17, 15) is 14.7 Å². The number of methoxy groups -OCH3 is 1. The van der Waals surface area contributed by atoms with E-state index in [0.29, 0.717) is 16.7 Å². The fraction of sp³-hybridized carbons (Fsp3) is 0.273. The number of hydrogen-bond acceptors (Lipinski definition) is 5. The van der Waals surface area contributed by atoms with Crippen molar-refractivity contribution in [2.75, 3.05) is 7.11 Å². The highest BCUT2D eigenvalue weighted by atomic mass is 16.5. The van der Waals surface area contributed by atoms with Gasteiger partial charge in [-0.2, -0.15) is 0 Å². The summed E-state index contributed by atoms with van der Waals surface area (Å²) in [6.45, 7) is 10.6. The minimum Gasteiger partial charge on any atom is -0.503 e. The molecule has 39 heavy (non-hydrogen) atoms. The largest absolute Gasteiger partial charge is 0.503 e. The van der Waals surface area contributed by atoms with E-state index in [1.165, 1.54) is 7.11 Å². The van der Waals surface area contributed by atoms with E-state index in [1.54, 1.807) is 17.0 Å². The molecule has 6 nitrogen and oxygen atoms in total. The molecule has 0 saturated heterocycles. The van der Waals surface area contributed by atoms with Crippen molar-refractivity contribution >= 4 is 22.7 Å². The fourth-order valence-corrected chi connectivity index (χ4v) is 5.16. The number of carbonyl (C=O) groups is 2. The molecule has 1 aliphatic heterocycles. The number of amides is 1. The number of hydrogen-bond donors (Lipinski definition) is 1. The van der Waals surface area contributed by atoms with Crippen LogP contribution >= 0.6 is 0 Å². The topological polar surface area (TPSA) is 80.0 Å². The highest BCUT2D eigenvalue weighted by molar-refractivity contribution is 6.16. The lowest BCUT2D eigenvalue weighted by Crippen LogP contribution is -2.31. The molecule has 1 aliphatic rings. The van der Waals surface area contributed by atoms with Crippen LogP contribution in [-0.2, 0) is 16.8 Å². The van der Waals surface area contributed by atoms with Crippen LogP contribution in [0.25, 0.3) is 11.0 Å². The zero-order chi connectivity index (χ0) is 28.1. The van der Waals surface area contributed by atoms with Gasteiger partial charge in [0.2, 0.25) is 5.78 Å². The van der Waals surface area contributed by atoms with E-state index in [4.69, 9.17) is 9.15 Å². The van der Waals surface area contributed by atoms with E-state index in [-0.39, 0.29) is 23.3 Å². The minimum atomic E-state index is -0.783. The molecule has 1 amide bonds. The summed E-state index contributed by atoms with van der Waals surface area (Å²) < 4.78 is 11.3. The van der Waals surface area contributed by atoms with Crippen LogP contribution in [0.3, 0.4) is 0 Å². The van der Waals surface area contributed by atoms with Gasteiger partial charge in [-0.15, -0.1) is 0 Å². The Morgan fingerprint density at radius 2 is 1.74 bits per heavy atom. The molecule has 0 aliphatic carbocycles. The summed E-state index contributed by atoms with van der Waals surface area (Å²) in [5.41, 5.74) is 5.29. The number of nitrogens with zero attached hydrogens (tertiary/aromatic N) is 1. The molecule has 0 fully saturated rings. The number of carbonyl (C=O) groups excluding carboxylic acids is 2. The van der Waals surface area contributed by atoms with Gasteiger partial charge in [0.15, 0.2) is 22.9 Å². The van der Waals surface area contributed by atoms with Crippen LogP contribution in [0, 0.1) is 13.8 Å². The number of Topliss-reactive ketones (excluding diaryl/α,β-unsaturated/α-hetero) is 1. The zero-order valence-electron chi connectivity index (χ0n) is 23.2. The standard InChI is InChI=1S/C33H33NO5/c1-19-10-11-20(2)23(16-19)18-34-28(21-12-14-24(15-13-21)33(3,4)5)27(30(36)32(34)37)29(35)26-17-22-8-7-9-25(38-6)31(22)39-26/h7-17,28,36H,18H2,1-6H3. The number of aliphatic hydroxyl groups excluding tert-OH is 1. The molecule has 0 spiro atoms. The predicted octanol–water partition coefficient (Wildman–Crippen LogP) is 7.13. The van der Waals surface area contributed by atoms with Crippen molar-refractivity contribution in [2.45, 2.75) is 52.6 Å². The van der Waals surface area contributed by atoms with E-state index < -0.39 is 23.5 Å². The Bertz CT molecular complexity index is 1620. The number of rotatable bonds is 6. The number of aliphatic hydroxyl groups is 1. The van der Waals surface area contributed by atoms with Crippen molar-refractivity contribution in [1.29, 1.82) is 0 Å². The Hall–Kier alpha value is -4.32. The fourth-order valence-electron chi connectivity index (χ4n) is 5.16. The summed E-state index contributed by atoms with van der Waals surface area (Å²) in [6, 6.07) is 20.2. The van der Waals surface area contributed by atoms with Crippen LogP contribution in [0.1, 0.15) is 65.2 Å². The van der Waals surface area contributed by atoms with Crippen LogP contribution in [0.15, 0.2) is 82.5 Å². The highest BCUT2D eigenvalue weighted by Gasteiger charge is 2.44. The van der Waals surface area contributed by atoms with Crippen molar-refractivity contribution in [3.05, 3.63) is 112 Å². The second-order valence-corrected chi connectivity index (χ2v) is 11.2.